The molecule has 1 saturated heterocycles. The summed E-state index contributed by atoms with van der Waals surface area (Å²) in [4.78, 5) is 38.8. The van der Waals surface area contributed by atoms with E-state index in [0.29, 0.717) is 17.2 Å². The lowest BCUT2D eigenvalue weighted by molar-refractivity contribution is -0.150. The highest BCUT2D eigenvalue weighted by Crippen LogP contribution is 2.40. The summed E-state index contributed by atoms with van der Waals surface area (Å²) in [5, 5.41) is 24.9. The molecule has 2 atom stereocenters. The Kier molecular flexibility index (Phi) is 5.20. The van der Waals surface area contributed by atoms with E-state index in [9.17, 15) is 19.5 Å². The molecule has 2 amide bonds. The highest BCUT2D eigenvalue weighted by atomic mass is 32.2. The second kappa shape index (κ2) is 7.79. The number of fused-ring (bicyclic) bond motifs is 1. The van der Waals surface area contributed by atoms with Gasteiger partial charge in [-0.1, -0.05) is 12.1 Å². The van der Waals surface area contributed by atoms with E-state index < -0.39 is 23.3 Å². The van der Waals surface area contributed by atoms with Crippen molar-refractivity contribution < 1.29 is 19.5 Å². The number of tetrazole rings is 1. The minimum absolute atomic E-state index is 0.0751. The van der Waals surface area contributed by atoms with Crippen LogP contribution < -0.4 is 5.32 Å². The number of carbonyl (C=O) groups excluding carboxylic acids is 2. The average Bonchev–Trinajstić information content (AvgIpc) is 3.35. The minimum atomic E-state index is -1.19. The van der Waals surface area contributed by atoms with Crippen molar-refractivity contribution in [2.75, 3.05) is 5.75 Å². The van der Waals surface area contributed by atoms with E-state index in [1.165, 1.54) is 32.7 Å². The molecule has 0 aliphatic carbocycles. The van der Waals surface area contributed by atoms with Gasteiger partial charge >= 0.3 is 5.97 Å². The Balaban J connectivity index is 1.50. The summed E-state index contributed by atoms with van der Waals surface area (Å²) >= 11 is 2.87. The van der Waals surface area contributed by atoms with Crippen molar-refractivity contribution in [3.8, 4) is 0 Å². The van der Waals surface area contributed by atoms with Crippen LogP contribution in [0.5, 0.6) is 0 Å². The largest absolute Gasteiger partial charge is 0.477 e. The molecule has 4 heterocycles. The topological polar surface area (TPSA) is 130 Å². The van der Waals surface area contributed by atoms with E-state index in [-0.39, 0.29) is 18.0 Å². The fourth-order valence-electron chi connectivity index (χ4n) is 3.12. The maximum absolute atomic E-state index is 12.6. The quantitative estimate of drug-likeness (QED) is 0.622. The molecule has 0 radical (unpaired) electrons. The summed E-state index contributed by atoms with van der Waals surface area (Å²) in [7, 11) is 1.67. The Morgan fingerprint density at radius 3 is 2.90 bits per heavy atom. The van der Waals surface area contributed by atoms with Gasteiger partial charge in [-0.25, -0.2) is 9.48 Å². The maximum atomic E-state index is 12.6. The van der Waals surface area contributed by atoms with Gasteiger partial charge < -0.3 is 10.4 Å². The van der Waals surface area contributed by atoms with Crippen LogP contribution in [0.4, 0.5) is 0 Å². The Bertz CT molecular complexity index is 1030. The molecule has 12 heteroatoms. The lowest BCUT2D eigenvalue weighted by Crippen LogP contribution is -2.70. The highest BCUT2D eigenvalue weighted by Gasteiger charge is 2.53. The zero-order valence-corrected chi connectivity index (χ0v) is 16.8. The number of aromatic nitrogens is 4. The van der Waals surface area contributed by atoms with Crippen molar-refractivity contribution in [1.29, 1.82) is 0 Å². The molecule has 2 N–H and O–H groups in total. The number of carboxylic acids is 1. The van der Waals surface area contributed by atoms with Crippen LogP contribution in [0.1, 0.15) is 10.7 Å². The van der Waals surface area contributed by atoms with Crippen molar-refractivity contribution in [2.24, 2.45) is 7.05 Å². The van der Waals surface area contributed by atoms with Crippen molar-refractivity contribution in [3.63, 3.8) is 0 Å². The first-order valence-corrected chi connectivity index (χ1v) is 10.5. The molecule has 10 nitrogen and oxygen atoms in total. The molecule has 0 bridgehead atoms. The van der Waals surface area contributed by atoms with Crippen LogP contribution in [0.15, 0.2) is 34.9 Å². The summed E-state index contributed by atoms with van der Waals surface area (Å²) in [6.07, 6.45) is 3.40. The summed E-state index contributed by atoms with van der Waals surface area (Å²) in [6.45, 7) is 0. The predicted molar refractivity (Wildman–Crippen MR) is 106 cm³/mol. The molecule has 4 rings (SSSR count). The molecule has 2 aliphatic rings. The number of hydrogen-bond acceptors (Lipinski definition) is 8. The molecular weight excluding hydrogens is 416 g/mol. The number of aryl methyl sites for hydroxylation is 1. The van der Waals surface area contributed by atoms with Gasteiger partial charge in [-0.15, -0.1) is 28.2 Å². The number of thiophene rings is 1. The fraction of sp³-hybridized carbons (Fsp3) is 0.294. The van der Waals surface area contributed by atoms with Gasteiger partial charge in [-0.2, -0.15) is 0 Å². The van der Waals surface area contributed by atoms with Crippen LogP contribution in [0, 0.1) is 0 Å². The number of amides is 2. The Hall–Kier alpha value is -2.99. The number of β-lactam (4-membered cyclic amide) rings is 1. The van der Waals surface area contributed by atoms with Crippen LogP contribution in [0.25, 0.3) is 6.08 Å². The zero-order valence-electron chi connectivity index (χ0n) is 15.2. The van der Waals surface area contributed by atoms with E-state index in [1.807, 2.05) is 17.5 Å². The van der Waals surface area contributed by atoms with Gasteiger partial charge in [0.15, 0.2) is 5.82 Å². The second-order valence-electron chi connectivity index (χ2n) is 6.38. The first-order valence-electron chi connectivity index (χ1n) is 8.59. The summed E-state index contributed by atoms with van der Waals surface area (Å²) < 4.78 is 1.45. The highest BCUT2D eigenvalue weighted by molar-refractivity contribution is 8.00. The minimum Gasteiger partial charge on any atom is -0.477 e. The van der Waals surface area contributed by atoms with Crippen LogP contribution in [0.3, 0.4) is 0 Å². The molecule has 150 valence electrons. The molecule has 0 saturated carbocycles. The van der Waals surface area contributed by atoms with Gasteiger partial charge in [-0.3, -0.25) is 14.5 Å². The van der Waals surface area contributed by atoms with E-state index >= 15 is 0 Å². The maximum Gasteiger partial charge on any atom is 0.352 e. The van der Waals surface area contributed by atoms with Crippen molar-refractivity contribution >= 4 is 47.0 Å². The number of aliphatic carboxylic acids is 1. The molecule has 1 fully saturated rings. The lowest BCUT2D eigenvalue weighted by atomic mass is 10.0. The monoisotopic (exact) mass is 432 g/mol. The SMILES string of the molecule is Cn1nnnc1/C=C/C1=C(C(=O)O)N2C(=O)C(NC(=O)Cc3cccs3)C2SC1. The third-order valence-corrected chi connectivity index (χ3v) is 6.70. The number of nitrogens with one attached hydrogen (secondary N) is 1. The fourth-order valence-corrected chi connectivity index (χ4v) is 5.14. The lowest BCUT2D eigenvalue weighted by Gasteiger charge is -2.49. The Labute approximate surface area is 173 Å². The first-order chi connectivity index (χ1) is 14.0. The second-order valence-corrected chi connectivity index (χ2v) is 8.52. The van der Waals surface area contributed by atoms with Crippen LogP contribution in [0.2, 0.25) is 0 Å². The molecule has 2 unspecified atom stereocenters. The van der Waals surface area contributed by atoms with Crippen LogP contribution >= 0.6 is 23.1 Å². The van der Waals surface area contributed by atoms with Gasteiger partial charge in [0.1, 0.15) is 17.1 Å². The molecule has 2 aliphatic heterocycles. The van der Waals surface area contributed by atoms with Gasteiger partial charge in [0.2, 0.25) is 5.91 Å². The Morgan fingerprint density at radius 2 is 2.24 bits per heavy atom. The van der Waals surface area contributed by atoms with Gasteiger partial charge in [0.05, 0.1) is 6.42 Å². The average molecular weight is 432 g/mol. The molecule has 2 aromatic heterocycles. The summed E-state index contributed by atoms with van der Waals surface area (Å²) in [6, 6.07) is 2.98. The number of thioether (sulfide) groups is 1. The van der Waals surface area contributed by atoms with Crippen molar-refractivity contribution in [1.82, 2.24) is 30.4 Å². The van der Waals surface area contributed by atoms with Crippen molar-refractivity contribution in [2.45, 2.75) is 17.8 Å². The molecule has 0 aromatic carbocycles. The number of carbonyl (C=O) groups is 3. The smallest absolute Gasteiger partial charge is 0.352 e. The predicted octanol–water partition coefficient (Wildman–Crippen LogP) is 0.266. The normalized spacial score (nSPS) is 21.3. The number of rotatable bonds is 6. The van der Waals surface area contributed by atoms with E-state index in [0.717, 1.165) is 4.88 Å². The van der Waals surface area contributed by atoms with E-state index in [1.54, 1.807) is 19.2 Å². The summed E-state index contributed by atoms with van der Waals surface area (Å²) in [5.41, 5.74) is 0.410. The third kappa shape index (κ3) is 3.68. The number of hydrogen-bond donors (Lipinski definition) is 2. The van der Waals surface area contributed by atoms with E-state index in [2.05, 4.69) is 20.8 Å². The molecule has 2 aromatic rings. The first kappa shape index (κ1) is 19.3. The van der Waals surface area contributed by atoms with Gasteiger partial charge in [0.25, 0.3) is 5.91 Å². The third-order valence-electron chi connectivity index (χ3n) is 4.52. The zero-order chi connectivity index (χ0) is 20.5. The summed E-state index contributed by atoms with van der Waals surface area (Å²) in [5.74, 6) is -1.03. The van der Waals surface area contributed by atoms with E-state index in [4.69, 9.17) is 0 Å². The number of carboxylic acid groups (broad SMARTS) is 1. The van der Waals surface area contributed by atoms with Crippen LogP contribution in [-0.2, 0) is 27.9 Å². The number of allylic oxidation sites excluding steroid dienone is 1. The Morgan fingerprint density at radius 1 is 1.41 bits per heavy atom. The molecular formula is C17H16N6O4S2. The van der Waals surface area contributed by atoms with Crippen molar-refractivity contribution in [3.05, 3.63) is 45.6 Å². The number of nitrogens with zero attached hydrogens (tertiary/aromatic N) is 5. The standard InChI is InChI=1S/C17H16N6O4S2/c1-22-11(19-20-21-22)5-4-9-8-29-16-13(15(25)23(16)14(9)17(26)27)18-12(24)7-10-3-2-6-28-10/h2-6,13,16H,7-8H2,1H3,(H,18,24)(H,26,27)/b5-4+. The van der Waals surface area contributed by atoms with Gasteiger partial charge in [0, 0.05) is 17.7 Å². The van der Waals surface area contributed by atoms with Gasteiger partial charge in [-0.05, 0) is 33.5 Å². The van der Waals surface area contributed by atoms with Crippen LogP contribution in [-0.4, -0.2) is 65.2 Å². The molecule has 0 spiro atoms. The molecule has 29 heavy (non-hydrogen) atoms.